The molecule has 0 bridgehead atoms. The largest absolute Gasteiger partial charge is 0.507 e. The van der Waals surface area contributed by atoms with Crippen LogP contribution in [0, 0.1) is 0 Å². The van der Waals surface area contributed by atoms with Crippen molar-refractivity contribution in [3.63, 3.8) is 0 Å². The Kier molecular flexibility index (Phi) is 6.84. The second-order valence-electron chi connectivity index (χ2n) is 5.29. The Hall–Kier alpha value is -3.93. The molecule has 3 N–H and O–H groups in total. The number of aromatic hydroxyl groups is 1. The van der Waals surface area contributed by atoms with Crippen molar-refractivity contribution in [2.45, 2.75) is 0 Å². The number of ether oxygens (including phenoxy) is 1. The van der Waals surface area contributed by atoms with Crippen LogP contribution in [0.25, 0.3) is 0 Å². The second kappa shape index (κ2) is 9.53. The number of carbonyl (C=O) groups excluding carboxylic acids is 3. The van der Waals surface area contributed by atoms with E-state index < -0.39 is 12.1 Å². The van der Waals surface area contributed by atoms with Crippen LogP contribution in [-0.2, 0) is 4.74 Å². The molecule has 3 aromatic rings. The number of amides is 1. The number of phenolic OH excluding ortho intramolecular Hbond substituents is 1. The third-order valence-corrected chi connectivity index (χ3v) is 3.39. The molecule has 0 spiro atoms. The van der Waals surface area contributed by atoms with E-state index in [1.54, 1.807) is 60.7 Å². The van der Waals surface area contributed by atoms with Crippen molar-refractivity contribution >= 4 is 17.8 Å². The molecule has 0 saturated heterocycles. The van der Waals surface area contributed by atoms with Gasteiger partial charge in [-0.05, 0) is 24.3 Å². The van der Waals surface area contributed by atoms with Crippen LogP contribution >= 0.6 is 0 Å². The third-order valence-electron chi connectivity index (χ3n) is 3.39. The summed E-state index contributed by atoms with van der Waals surface area (Å²) >= 11 is 0. The van der Waals surface area contributed by atoms with Crippen molar-refractivity contribution in [2.24, 2.45) is 5.73 Å². The minimum atomic E-state index is -1.09. The number of para-hydroxylation sites is 1. The van der Waals surface area contributed by atoms with E-state index in [1.807, 2.05) is 6.07 Å². The van der Waals surface area contributed by atoms with Crippen molar-refractivity contribution in [1.82, 2.24) is 0 Å². The number of nitrogens with two attached hydrogens (primary N) is 1. The Bertz CT molecular complexity index is 924. The molecular formula is C21H17NO5. The van der Waals surface area contributed by atoms with Crippen LogP contribution in [0.3, 0.4) is 0 Å². The zero-order valence-corrected chi connectivity index (χ0v) is 14.2. The lowest BCUT2D eigenvalue weighted by Crippen LogP contribution is -2.18. The minimum Gasteiger partial charge on any atom is -0.507 e. The molecule has 3 rings (SSSR count). The predicted molar refractivity (Wildman–Crippen MR) is 99.4 cm³/mol. The van der Waals surface area contributed by atoms with E-state index in [1.165, 1.54) is 18.2 Å². The molecule has 0 aliphatic heterocycles. The molecule has 0 unspecified atom stereocenters. The summed E-state index contributed by atoms with van der Waals surface area (Å²) in [5, 5.41) is 9.52. The lowest BCUT2D eigenvalue weighted by atomic mass is 10.0. The summed E-state index contributed by atoms with van der Waals surface area (Å²) in [6.45, 7) is 0. The first kappa shape index (κ1) is 19.4. The molecule has 0 atom stereocenters. The number of hydrogen-bond acceptors (Lipinski definition) is 5. The molecule has 0 heterocycles. The number of primary amides is 1. The first-order chi connectivity index (χ1) is 13.0. The van der Waals surface area contributed by atoms with Gasteiger partial charge in [-0.3, -0.25) is 4.79 Å². The third kappa shape index (κ3) is 5.82. The fourth-order valence-electron chi connectivity index (χ4n) is 2.14. The molecule has 3 aromatic carbocycles. The number of benzene rings is 3. The fourth-order valence-corrected chi connectivity index (χ4v) is 2.14. The van der Waals surface area contributed by atoms with Crippen LogP contribution in [0.15, 0.2) is 84.9 Å². The lowest BCUT2D eigenvalue weighted by molar-refractivity contribution is 0.0638. The average molecular weight is 363 g/mol. The Morgan fingerprint density at radius 3 is 1.70 bits per heavy atom. The van der Waals surface area contributed by atoms with Gasteiger partial charge in [0.25, 0.3) is 0 Å². The standard InChI is InChI=1S/C13H10O2.C8H7NO3/c14-12-9-5-4-8-11(12)13(15)10-6-2-1-3-7-10;9-8(11)12-7(10)6-4-2-1-3-5-6/h1-9,14H;1-5H,(H2,9,11). The SMILES string of the molecule is NC(=O)OC(=O)c1ccccc1.O=C(c1ccccc1)c1ccccc1O. The number of hydrogen-bond donors (Lipinski definition) is 2. The topological polar surface area (TPSA) is 107 Å². The highest BCUT2D eigenvalue weighted by Gasteiger charge is 2.11. The van der Waals surface area contributed by atoms with E-state index in [9.17, 15) is 19.5 Å². The van der Waals surface area contributed by atoms with Crippen molar-refractivity contribution in [2.75, 3.05) is 0 Å². The summed E-state index contributed by atoms with van der Waals surface area (Å²) in [6.07, 6.45) is -1.09. The van der Waals surface area contributed by atoms with Gasteiger partial charge in [0.15, 0.2) is 5.78 Å². The van der Waals surface area contributed by atoms with E-state index >= 15 is 0 Å². The summed E-state index contributed by atoms with van der Waals surface area (Å²) in [4.78, 5) is 33.0. The zero-order chi connectivity index (χ0) is 19.6. The Morgan fingerprint density at radius 2 is 1.19 bits per heavy atom. The monoisotopic (exact) mass is 363 g/mol. The van der Waals surface area contributed by atoms with Crippen LogP contribution in [0.5, 0.6) is 5.75 Å². The maximum absolute atomic E-state index is 11.9. The molecule has 0 aromatic heterocycles. The van der Waals surface area contributed by atoms with Crippen molar-refractivity contribution in [3.8, 4) is 5.75 Å². The highest BCUT2D eigenvalue weighted by atomic mass is 16.6. The Labute approximate surface area is 155 Å². The zero-order valence-electron chi connectivity index (χ0n) is 14.2. The molecule has 0 aliphatic rings. The summed E-state index contributed by atoms with van der Waals surface area (Å²) < 4.78 is 4.14. The first-order valence-electron chi connectivity index (χ1n) is 7.93. The maximum Gasteiger partial charge on any atom is 0.412 e. The van der Waals surface area contributed by atoms with E-state index in [0.717, 1.165) is 0 Å². The number of carbonyl (C=O) groups is 3. The molecule has 0 radical (unpaired) electrons. The van der Waals surface area contributed by atoms with Gasteiger partial charge in [0, 0.05) is 5.56 Å². The summed E-state index contributed by atoms with van der Waals surface area (Å²) in [6, 6.07) is 23.6. The van der Waals surface area contributed by atoms with Crippen molar-refractivity contribution in [3.05, 3.63) is 102 Å². The molecule has 6 heteroatoms. The molecule has 1 amide bonds. The van der Waals surface area contributed by atoms with Crippen molar-refractivity contribution < 1.29 is 24.2 Å². The van der Waals surface area contributed by atoms with Gasteiger partial charge in [-0.15, -0.1) is 0 Å². The van der Waals surface area contributed by atoms with Gasteiger partial charge in [-0.1, -0.05) is 60.7 Å². The van der Waals surface area contributed by atoms with Gasteiger partial charge in [0.1, 0.15) is 5.75 Å². The van der Waals surface area contributed by atoms with Gasteiger partial charge in [0.2, 0.25) is 0 Å². The average Bonchev–Trinajstić information content (AvgIpc) is 2.69. The smallest absolute Gasteiger partial charge is 0.412 e. The lowest BCUT2D eigenvalue weighted by Gasteiger charge is -2.02. The van der Waals surface area contributed by atoms with E-state index in [-0.39, 0.29) is 11.5 Å². The molecule has 27 heavy (non-hydrogen) atoms. The first-order valence-corrected chi connectivity index (χ1v) is 7.93. The predicted octanol–water partition coefficient (Wildman–Crippen LogP) is 3.55. The van der Waals surface area contributed by atoms with E-state index in [4.69, 9.17) is 0 Å². The quantitative estimate of drug-likeness (QED) is 0.420. The molecule has 0 saturated carbocycles. The van der Waals surface area contributed by atoms with Gasteiger partial charge < -0.3 is 15.6 Å². The summed E-state index contributed by atoms with van der Waals surface area (Å²) in [7, 11) is 0. The van der Waals surface area contributed by atoms with Gasteiger partial charge in [-0.25, -0.2) is 9.59 Å². The van der Waals surface area contributed by atoms with Crippen LogP contribution in [0.4, 0.5) is 4.79 Å². The highest BCUT2D eigenvalue weighted by molar-refractivity contribution is 6.10. The van der Waals surface area contributed by atoms with Crippen molar-refractivity contribution in [1.29, 1.82) is 0 Å². The Balaban J connectivity index is 0.000000199. The van der Waals surface area contributed by atoms with Crippen LogP contribution in [0.2, 0.25) is 0 Å². The minimum absolute atomic E-state index is 0.0198. The van der Waals surface area contributed by atoms with Gasteiger partial charge in [0.05, 0.1) is 11.1 Å². The number of ketones is 1. The molecule has 136 valence electrons. The molecule has 0 fully saturated rings. The molecular weight excluding hydrogens is 346 g/mol. The summed E-state index contributed by atoms with van der Waals surface area (Å²) in [5.74, 6) is -0.872. The molecule has 6 nitrogen and oxygen atoms in total. The number of phenols is 1. The Morgan fingerprint density at radius 1 is 0.704 bits per heavy atom. The fraction of sp³-hybridized carbons (Fsp3) is 0. The molecule has 0 aliphatic carbocycles. The second-order valence-corrected chi connectivity index (χ2v) is 5.29. The maximum atomic E-state index is 11.9. The highest BCUT2D eigenvalue weighted by Crippen LogP contribution is 2.19. The number of rotatable bonds is 3. The number of esters is 1. The van der Waals surface area contributed by atoms with E-state index in [2.05, 4.69) is 10.5 Å². The normalized spacial score (nSPS) is 9.48. The van der Waals surface area contributed by atoms with Crippen LogP contribution in [-0.4, -0.2) is 23.0 Å². The van der Waals surface area contributed by atoms with Crippen LogP contribution in [0.1, 0.15) is 26.3 Å². The van der Waals surface area contributed by atoms with Crippen LogP contribution < -0.4 is 5.73 Å². The van der Waals surface area contributed by atoms with Gasteiger partial charge in [-0.2, -0.15) is 0 Å². The summed E-state index contributed by atoms with van der Waals surface area (Å²) in [5.41, 5.74) is 5.87. The van der Waals surface area contributed by atoms with E-state index in [0.29, 0.717) is 16.7 Å². The van der Waals surface area contributed by atoms with Gasteiger partial charge >= 0.3 is 12.1 Å².